The maximum atomic E-state index is 14.2. The SMILES string of the molecule is CC(C)NC(=O)Nc1ccc2c(c1)C(=O)N([C@H](C)CO)C[C@H](C)[C@@H](CN(C)C(=O)c1ccncc1)OCCCC[C@H](C)O2. The van der Waals surface area contributed by atoms with Crippen molar-refractivity contribution in [3.05, 3.63) is 53.9 Å². The number of aliphatic hydroxyl groups is 1. The number of aromatic nitrogens is 1. The van der Waals surface area contributed by atoms with Crippen LogP contribution in [0.2, 0.25) is 0 Å². The number of ether oxygens (including phenoxy) is 2. The number of fused-ring (bicyclic) bond motifs is 1. The fourth-order valence-corrected chi connectivity index (χ4v) is 4.96. The molecule has 1 aliphatic heterocycles. The van der Waals surface area contributed by atoms with Crippen molar-refractivity contribution in [3.8, 4) is 5.75 Å². The molecule has 236 valence electrons. The number of urea groups is 1. The largest absolute Gasteiger partial charge is 0.490 e. The van der Waals surface area contributed by atoms with Gasteiger partial charge in [0.1, 0.15) is 5.75 Å². The van der Waals surface area contributed by atoms with Crippen molar-refractivity contribution >= 4 is 23.5 Å². The average Bonchev–Trinajstić information content (AvgIpc) is 2.98. The third-order valence-corrected chi connectivity index (χ3v) is 7.46. The van der Waals surface area contributed by atoms with Crippen molar-refractivity contribution in [1.29, 1.82) is 0 Å². The number of hydrogen-bond acceptors (Lipinski definition) is 7. The number of nitrogens with zero attached hydrogens (tertiary/aromatic N) is 3. The van der Waals surface area contributed by atoms with Gasteiger partial charge in [0, 0.05) is 62.3 Å². The highest BCUT2D eigenvalue weighted by Gasteiger charge is 2.31. The molecule has 2 aromatic rings. The van der Waals surface area contributed by atoms with E-state index in [9.17, 15) is 19.5 Å². The Balaban J connectivity index is 1.93. The molecule has 11 nitrogen and oxygen atoms in total. The molecule has 3 rings (SSSR count). The van der Waals surface area contributed by atoms with Gasteiger partial charge in [-0.25, -0.2) is 4.79 Å². The molecule has 11 heteroatoms. The second kappa shape index (κ2) is 16.2. The Labute approximate surface area is 254 Å². The standard InChI is InChI=1S/C32H47N5O6/c1-21(2)34-32(41)35-26-10-11-28-27(17-26)31(40)37(23(4)20-38)18-22(3)29(42-16-8-7-9-24(5)43-28)19-36(6)30(39)25-12-14-33-15-13-25/h10-15,17,21-24,29,38H,7-9,16,18-20H2,1-6H3,(H2,34,35,41)/t22-,23+,24-,29+/m0/s1. The van der Waals surface area contributed by atoms with E-state index in [4.69, 9.17) is 9.47 Å². The first kappa shape index (κ1) is 33.8. The monoisotopic (exact) mass is 597 g/mol. The third-order valence-electron chi connectivity index (χ3n) is 7.46. The molecule has 1 aromatic carbocycles. The summed E-state index contributed by atoms with van der Waals surface area (Å²) in [6.45, 7) is 10.3. The molecule has 0 radical (unpaired) electrons. The molecule has 0 unspecified atom stereocenters. The molecule has 2 heterocycles. The summed E-state index contributed by atoms with van der Waals surface area (Å²) < 4.78 is 12.6. The van der Waals surface area contributed by atoms with E-state index in [1.54, 1.807) is 66.5 Å². The van der Waals surface area contributed by atoms with E-state index in [1.165, 1.54) is 0 Å². The summed E-state index contributed by atoms with van der Waals surface area (Å²) in [6, 6.07) is 7.45. The molecule has 3 N–H and O–H groups in total. The quantitative estimate of drug-likeness (QED) is 0.436. The van der Waals surface area contributed by atoms with Crippen molar-refractivity contribution in [2.24, 2.45) is 5.92 Å². The molecule has 0 fully saturated rings. The second-order valence-electron chi connectivity index (χ2n) is 11.7. The number of anilines is 1. The van der Waals surface area contributed by atoms with Crippen molar-refractivity contribution in [1.82, 2.24) is 20.1 Å². The zero-order valence-electron chi connectivity index (χ0n) is 26.2. The van der Waals surface area contributed by atoms with Crippen LogP contribution < -0.4 is 15.4 Å². The van der Waals surface area contributed by atoms with E-state index >= 15 is 0 Å². The number of pyridine rings is 1. The van der Waals surface area contributed by atoms with Crippen LogP contribution in [0.1, 0.15) is 74.6 Å². The van der Waals surface area contributed by atoms with Gasteiger partial charge in [-0.05, 0) is 77.3 Å². The van der Waals surface area contributed by atoms with E-state index in [2.05, 4.69) is 15.6 Å². The molecule has 4 amide bonds. The van der Waals surface area contributed by atoms with Crippen LogP contribution in [-0.4, -0.2) is 95.4 Å². The summed E-state index contributed by atoms with van der Waals surface area (Å²) in [5.74, 6) is -0.242. The van der Waals surface area contributed by atoms with E-state index < -0.39 is 6.04 Å². The number of aliphatic hydroxyl groups excluding tert-OH is 1. The molecule has 4 atom stereocenters. The van der Waals surface area contributed by atoms with Gasteiger partial charge in [0.05, 0.1) is 30.4 Å². The van der Waals surface area contributed by atoms with Crippen LogP contribution in [0.25, 0.3) is 0 Å². The van der Waals surface area contributed by atoms with Crippen LogP contribution in [0.5, 0.6) is 5.75 Å². The molecule has 43 heavy (non-hydrogen) atoms. The summed E-state index contributed by atoms with van der Waals surface area (Å²) in [5, 5.41) is 15.7. The molecule has 0 saturated heterocycles. The Hall–Kier alpha value is -3.70. The molecule has 0 aliphatic carbocycles. The molecule has 1 aliphatic rings. The average molecular weight is 598 g/mol. The van der Waals surface area contributed by atoms with Gasteiger partial charge >= 0.3 is 6.03 Å². The van der Waals surface area contributed by atoms with Gasteiger partial charge < -0.3 is 35.0 Å². The van der Waals surface area contributed by atoms with Crippen LogP contribution in [-0.2, 0) is 4.74 Å². The van der Waals surface area contributed by atoms with Crippen LogP contribution in [0.15, 0.2) is 42.7 Å². The smallest absolute Gasteiger partial charge is 0.319 e. The topological polar surface area (TPSA) is 133 Å². The van der Waals surface area contributed by atoms with Gasteiger partial charge in [0.15, 0.2) is 0 Å². The Morgan fingerprint density at radius 3 is 2.53 bits per heavy atom. The normalized spacial score (nSPS) is 20.8. The predicted octanol–water partition coefficient (Wildman–Crippen LogP) is 4.18. The van der Waals surface area contributed by atoms with Gasteiger partial charge in [-0.15, -0.1) is 0 Å². The summed E-state index contributed by atoms with van der Waals surface area (Å²) in [6.07, 6.45) is 5.07. The molecular formula is C32H47N5O6. The second-order valence-corrected chi connectivity index (χ2v) is 11.7. The van der Waals surface area contributed by atoms with Crippen LogP contribution in [0.3, 0.4) is 0 Å². The number of likely N-dealkylation sites (N-methyl/N-ethyl adjacent to an activating group) is 1. The van der Waals surface area contributed by atoms with Crippen molar-refractivity contribution in [2.45, 2.75) is 78.2 Å². The Kier molecular flexibility index (Phi) is 12.8. The van der Waals surface area contributed by atoms with Crippen LogP contribution in [0, 0.1) is 5.92 Å². The van der Waals surface area contributed by atoms with Gasteiger partial charge in [-0.1, -0.05) is 6.92 Å². The minimum atomic E-state index is -0.509. The van der Waals surface area contributed by atoms with E-state index in [-0.39, 0.29) is 55.2 Å². The Morgan fingerprint density at radius 1 is 1.14 bits per heavy atom. The predicted molar refractivity (Wildman–Crippen MR) is 165 cm³/mol. The van der Waals surface area contributed by atoms with Crippen molar-refractivity contribution < 1.29 is 29.0 Å². The first-order chi connectivity index (χ1) is 20.5. The lowest BCUT2D eigenvalue weighted by Crippen LogP contribution is -2.48. The maximum absolute atomic E-state index is 14.2. The lowest BCUT2D eigenvalue weighted by molar-refractivity contribution is -0.0149. The van der Waals surface area contributed by atoms with Crippen molar-refractivity contribution in [2.75, 3.05) is 38.7 Å². The first-order valence-electron chi connectivity index (χ1n) is 15.1. The Bertz CT molecular complexity index is 1210. The fraction of sp³-hybridized carbons (Fsp3) is 0.562. The first-order valence-corrected chi connectivity index (χ1v) is 15.1. The number of nitrogens with one attached hydrogen (secondary N) is 2. The van der Waals surface area contributed by atoms with Gasteiger partial charge in [0.25, 0.3) is 11.8 Å². The molecule has 0 saturated carbocycles. The van der Waals surface area contributed by atoms with E-state index in [0.29, 0.717) is 35.7 Å². The number of carbonyl (C=O) groups excluding carboxylic acids is 3. The molecule has 0 bridgehead atoms. The zero-order valence-corrected chi connectivity index (χ0v) is 26.2. The fourth-order valence-electron chi connectivity index (χ4n) is 4.96. The molecule has 0 spiro atoms. The maximum Gasteiger partial charge on any atom is 0.319 e. The highest BCUT2D eigenvalue weighted by atomic mass is 16.5. The van der Waals surface area contributed by atoms with E-state index in [0.717, 1.165) is 19.3 Å². The van der Waals surface area contributed by atoms with E-state index in [1.807, 2.05) is 27.7 Å². The summed E-state index contributed by atoms with van der Waals surface area (Å²) in [7, 11) is 1.74. The minimum absolute atomic E-state index is 0.0558. The summed E-state index contributed by atoms with van der Waals surface area (Å²) in [5.41, 5.74) is 1.28. The highest BCUT2D eigenvalue weighted by molar-refractivity contribution is 5.99. The van der Waals surface area contributed by atoms with Gasteiger partial charge in [-0.2, -0.15) is 0 Å². The molecular weight excluding hydrogens is 550 g/mol. The highest BCUT2D eigenvalue weighted by Crippen LogP contribution is 2.28. The lowest BCUT2D eigenvalue weighted by atomic mass is 10.0. The summed E-state index contributed by atoms with van der Waals surface area (Å²) >= 11 is 0. The van der Waals surface area contributed by atoms with Gasteiger partial charge in [-0.3, -0.25) is 14.6 Å². The minimum Gasteiger partial charge on any atom is -0.490 e. The number of benzene rings is 1. The van der Waals surface area contributed by atoms with Gasteiger partial charge in [0.2, 0.25) is 0 Å². The number of amides is 4. The van der Waals surface area contributed by atoms with Crippen LogP contribution in [0.4, 0.5) is 10.5 Å². The molecule has 1 aromatic heterocycles. The lowest BCUT2D eigenvalue weighted by Gasteiger charge is -2.36. The van der Waals surface area contributed by atoms with Crippen LogP contribution >= 0.6 is 0 Å². The number of rotatable bonds is 7. The van der Waals surface area contributed by atoms with Crippen molar-refractivity contribution in [3.63, 3.8) is 0 Å². The summed E-state index contributed by atoms with van der Waals surface area (Å²) in [4.78, 5) is 46.9. The Morgan fingerprint density at radius 2 is 1.86 bits per heavy atom. The number of carbonyl (C=O) groups is 3. The number of hydrogen-bond donors (Lipinski definition) is 3. The third kappa shape index (κ3) is 9.93. The zero-order chi connectivity index (χ0) is 31.5.